The lowest BCUT2D eigenvalue weighted by Crippen LogP contribution is -2.40. The van der Waals surface area contributed by atoms with E-state index in [1.54, 1.807) is 11.0 Å². The van der Waals surface area contributed by atoms with E-state index in [9.17, 15) is 14.4 Å². The molecule has 0 radical (unpaired) electrons. The number of carbonyl (C=O) groups excluding carboxylic acids is 3. The summed E-state index contributed by atoms with van der Waals surface area (Å²) in [6.07, 6.45) is 1.09. The van der Waals surface area contributed by atoms with Crippen LogP contribution in [0.25, 0.3) is 0 Å². The molecule has 0 unspecified atom stereocenters. The van der Waals surface area contributed by atoms with Gasteiger partial charge in [0.1, 0.15) is 0 Å². The first kappa shape index (κ1) is 18.5. The van der Waals surface area contributed by atoms with Crippen LogP contribution in [-0.2, 0) is 14.3 Å². The van der Waals surface area contributed by atoms with Crippen molar-refractivity contribution in [2.24, 2.45) is 5.92 Å². The van der Waals surface area contributed by atoms with Gasteiger partial charge < -0.3 is 9.64 Å². The first-order valence-electron chi connectivity index (χ1n) is 8.24. The van der Waals surface area contributed by atoms with Crippen LogP contribution < -0.4 is 5.32 Å². The average molecular weight is 393 g/mol. The van der Waals surface area contributed by atoms with Crippen LogP contribution in [0.2, 0.25) is 0 Å². The van der Waals surface area contributed by atoms with Crippen LogP contribution in [0.3, 0.4) is 0 Å². The third kappa shape index (κ3) is 4.67. The van der Waals surface area contributed by atoms with Crippen molar-refractivity contribution in [2.75, 3.05) is 25.0 Å². The van der Waals surface area contributed by atoms with Gasteiger partial charge in [-0.25, -0.2) is 4.98 Å². The summed E-state index contributed by atoms with van der Waals surface area (Å²) in [5.41, 5.74) is 0.825. The van der Waals surface area contributed by atoms with Crippen LogP contribution in [0, 0.1) is 12.8 Å². The number of nitrogens with one attached hydrogen (secondary N) is 1. The Kier molecular flexibility index (Phi) is 6.00. The maximum atomic E-state index is 12.3. The lowest BCUT2D eigenvalue weighted by molar-refractivity contribution is -0.152. The highest BCUT2D eigenvalue weighted by molar-refractivity contribution is 7.14. The van der Waals surface area contributed by atoms with Crippen LogP contribution in [0.15, 0.2) is 22.9 Å². The first-order valence-corrected chi connectivity index (χ1v) is 10.0. The van der Waals surface area contributed by atoms with Crippen molar-refractivity contribution in [1.82, 2.24) is 9.88 Å². The Morgan fingerprint density at radius 3 is 2.69 bits per heavy atom. The van der Waals surface area contributed by atoms with Gasteiger partial charge in [0.15, 0.2) is 11.7 Å². The molecule has 1 fully saturated rings. The highest BCUT2D eigenvalue weighted by Gasteiger charge is 2.29. The van der Waals surface area contributed by atoms with E-state index in [-0.39, 0.29) is 18.4 Å². The zero-order valence-electron chi connectivity index (χ0n) is 14.3. The largest absolute Gasteiger partial charge is 0.455 e. The van der Waals surface area contributed by atoms with Crippen LogP contribution in [0.5, 0.6) is 0 Å². The fourth-order valence-corrected chi connectivity index (χ4v) is 4.09. The van der Waals surface area contributed by atoms with E-state index >= 15 is 0 Å². The zero-order chi connectivity index (χ0) is 18.5. The van der Waals surface area contributed by atoms with E-state index in [0.717, 1.165) is 5.69 Å². The maximum Gasteiger partial charge on any atom is 0.309 e. The summed E-state index contributed by atoms with van der Waals surface area (Å²) in [6.45, 7) is 2.54. The average Bonchev–Trinajstić information content (AvgIpc) is 3.31. The topological polar surface area (TPSA) is 88.6 Å². The third-order valence-corrected chi connectivity index (χ3v) is 5.79. The zero-order valence-corrected chi connectivity index (χ0v) is 15.9. The number of hydrogen-bond donors (Lipinski definition) is 1. The molecule has 138 valence electrons. The predicted octanol–water partition coefficient (Wildman–Crippen LogP) is 2.55. The summed E-state index contributed by atoms with van der Waals surface area (Å²) in [7, 11) is 0. The number of aromatic nitrogens is 1. The van der Waals surface area contributed by atoms with Gasteiger partial charge in [0, 0.05) is 18.5 Å². The summed E-state index contributed by atoms with van der Waals surface area (Å²) >= 11 is 2.74. The number of carbonyl (C=O) groups is 3. The smallest absolute Gasteiger partial charge is 0.309 e. The number of rotatable bonds is 5. The molecule has 1 saturated heterocycles. The normalized spacial score (nSPS) is 14.9. The maximum absolute atomic E-state index is 12.3. The number of piperidine rings is 1. The van der Waals surface area contributed by atoms with Crippen molar-refractivity contribution < 1.29 is 19.1 Å². The lowest BCUT2D eigenvalue weighted by Gasteiger charge is -2.30. The fraction of sp³-hybridized carbons (Fsp3) is 0.412. The second-order valence-corrected chi connectivity index (χ2v) is 7.80. The van der Waals surface area contributed by atoms with E-state index in [4.69, 9.17) is 4.74 Å². The van der Waals surface area contributed by atoms with E-state index in [1.165, 1.54) is 22.7 Å². The van der Waals surface area contributed by atoms with Gasteiger partial charge in [0.25, 0.3) is 11.8 Å². The number of likely N-dealkylation sites (tertiary alicyclic amines) is 1. The second-order valence-electron chi connectivity index (χ2n) is 5.99. The summed E-state index contributed by atoms with van der Waals surface area (Å²) < 4.78 is 5.11. The standard InChI is InChI=1S/C17H19N3O4S2/c1-11-10-26-17(18-11)19-14(21)9-24-16(23)12-4-6-20(7-5-12)15(22)13-3-2-8-25-13/h2-3,8,10,12H,4-7,9H2,1H3,(H,18,19,21). The highest BCUT2D eigenvalue weighted by atomic mass is 32.1. The van der Waals surface area contributed by atoms with Gasteiger partial charge in [0.2, 0.25) is 0 Å². The van der Waals surface area contributed by atoms with E-state index in [0.29, 0.717) is 35.9 Å². The number of amides is 2. The van der Waals surface area contributed by atoms with Gasteiger partial charge >= 0.3 is 5.97 Å². The number of hydrogen-bond acceptors (Lipinski definition) is 7. The Labute approximate surface area is 159 Å². The molecule has 0 aromatic carbocycles. The van der Waals surface area contributed by atoms with Crippen molar-refractivity contribution in [3.05, 3.63) is 33.5 Å². The van der Waals surface area contributed by atoms with E-state index < -0.39 is 11.9 Å². The molecule has 2 aromatic heterocycles. The molecule has 3 heterocycles. The van der Waals surface area contributed by atoms with Crippen LogP contribution in [0.1, 0.15) is 28.2 Å². The van der Waals surface area contributed by atoms with Crippen molar-refractivity contribution in [1.29, 1.82) is 0 Å². The van der Waals surface area contributed by atoms with Crippen LogP contribution in [0.4, 0.5) is 5.13 Å². The highest BCUT2D eigenvalue weighted by Crippen LogP contribution is 2.22. The van der Waals surface area contributed by atoms with Gasteiger partial charge in [-0.3, -0.25) is 19.7 Å². The Morgan fingerprint density at radius 1 is 1.31 bits per heavy atom. The minimum Gasteiger partial charge on any atom is -0.455 e. The molecular weight excluding hydrogens is 374 g/mol. The number of ether oxygens (including phenoxy) is 1. The molecule has 7 nitrogen and oxygen atoms in total. The molecule has 0 aliphatic carbocycles. The number of thiazole rings is 1. The molecule has 2 amide bonds. The molecule has 0 saturated carbocycles. The van der Waals surface area contributed by atoms with Gasteiger partial charge in [-0.15, -0.1) is 22.7 Å². The van der Waals surface area contributed by atoms with E-state index in [2.05, 4.69) is 10.3 Å². The first-order chi connectivity index (χ1) is 12.5. The Balaban J connectivity index is 1.41. The number of anilines is 1. The van der Waals surface area contributed by atoms with Gasteiger partial charge in [-0.05, 0) is 31.2 Å². The number of thiophene rings is 1. The predicted molar refractivity (Wildman–Crippen MR) is 99.4 cm³/mol. The van der Waals surface area contributed by atoms with Crippen molar-refractivity contribution in [3.8, 4) is 0 Å². The Hall–Kier alpha value is -2.26. The molecule has 2 aromatic rings. The van der Waals surface area contributed by atoms with Gasteiger partial charge in [-0.2, -0.15) is 0 Å². The summed E-state index contributed by atoms with van der Waals surface area (Å²) in [4.78, 5) is 42.8. The quantitative estimate of drug-likeness (QED) is 0.789. The lowest BCUT2D eigenvalue weighted by atomic mass is 9.97. The summed E-state index contributed by atoms with van der Waals surface area (Å²) in [5.74, 6) is -1.07. The Bertz CT molecular complexity index is 780. The SMILES string of the molecule is Cc1csc(NC(=O)COC(=O)C2CCN(C(=O)c3cccs3)CC2)n1. The molecule has 1 aliphatic rings. The molecular formula is C17H19N3O4S2. The minimum absolute atomic E-state index is 0.00457. The van der Waals surface area contributed by atoms with Crippen molar-refractivity contribution >= 4 is 45.6 Å². The molecule has 1 N–H and O–H groups in total. The second kappa shape index (κ2) is 8.41. The monoisotopic (exact) mass is 393 g/mol. The van der Waals surface area contributed by atoms with Crippen molar-refractivity contribution in [2.45, 2.75) is 19.8 Å². The third-order valence-electron chi connectivity index (χ3n) is 4.06. The minimum atomic E-state index is -0.405. The van der Waals surface area contributed by atoms with Gasteiger partial charge in [-0.1, -0.05) is 6.07 Å². The summed E-state index contributed by atoms with van der Waals surface area (Å²) in [5, 5.41) is 6.78. The molecule has 26 heavy (non-hydrogen) atoms. The molecule has 1 aliphatic heterocycles. The molecule has 0 atom stereocenters. The van der Waals surface area contributed by atoms with Crippen molar-refractivity contribution in [3.63, 3.8) is 0 Å². The van der Waals surface area contributed by atoms with E-state index in [1.807, 2.05) is 23.8 Å². The molecule has 3 rings (SSSR count). The number of esters is 1. The number of aryl methyl sites for hydroxylation is 1. The number of nitrogens with zero attached hydrogens (tertiary/aromatic N) is 2. The van der Waals surface area contributed by atoms with Gasteiger partial charge in [0.05, 0.1) is 16.5 Å². The molecule has 0 spiro atoms. The fourth-order valence-electron chi connectivity index (χ4n) is 2.70. The Morgan fingerprint density at radius 2 is 2.08 bits per heavy atom. The van der Waals surface area contributed by atoms with Crippen LogP contribution >= 0.6 is 22.7 Å². The summed E-state index contributed by atoms with van der Waals surface area (Å²) in [6, 6.07) is 3.65. The van der Waals surface area contributed by atoms with Crippen LogP contribution in [-0.4, -0.2) is 47.4 Å². The molecule has 0 bridgehead atoms. The molecule has 9 heteroatoms.